The van der Waals surface area contributed by atoms with E-state index in [-0.39, 0.29) is 17.7 Å². The summed E-state index contributed by atoms with van der Waals surface area (Å²) in [5.74, 6) is -0.692. The molecule has 3 rings (SSSR count). The summed E-state index contributed by atoms with van der Waals surface area (Å²) in [5.41, 5.74) is 1.72. The summed E-state index contributed by atoms with van der Waals surface area (Å²) in [7, 11) is 0. The number of carbonyl (C=O) groups excluding carboxylic acids is 1. The van der Waals surface area contributed by atoms with E-state index < -0.39 is 5.97 Å². The van der Waals surface area contributed by atoms with E-state index in [0.29, 0.717) is 13.1 Å². The molecule has 1 aliphatic heterocycles. The van der Waals surface area contributed by atoms with E-state index in [9.17, 15) is 9.59 Å². The molecule has 0 radical (unpaired) electrons. The number of hydrogen-bond donors (Lipinski definition) is 2. The maximum absolute atomic E-state index is 11.9. The van der Waals surface area contributed by atoms with Gasteiger partial charge in [-0.2, -0.15) is 0 Å². The third kappa shape index (κ3) is 2.41. The van der Waals surface area contributed by atoms with Gasteiger partial charge in [0.2, 0.25) is 5.91 Å². The van der Waals surface area contributed by atoms with Crippen LogP contribution in [-0.4, -0.2) is 36.6 Å². The monoisotopic (exact) mass is 274 g/mol. The second-order valence-electron chi connectivity index (χ2n) is 5.62. The Balaban J connectivity index is 1.86. The molecular formula is C15H18N2O3. The lowest BCUT2D eigenvalue weighted by Crippen LogP contribution is -2.48. The van der Waals surface area contributed by atoms with Crippen molar-refractivity contribution in [3.8, 4) is 0 Å². The molecule has 1 heterocycles. The molecule has 2 N–H and O–H groups in total. The van der Waals surface area contributed by atoms with Crippen molar-refractivity contribution in [2.75, 3.05) is 24.5 Å². The smallest absolute Gasteiger partial charge is 0.304 e. The quantitative estimate of drug-likeness (QED) is 0.863. The number of nitrogens with zero attached hydrogens (tertiary/aromatic N) is 1. The normalized spacial score (nSPS) is 20.8. The van der Waals surface area contributed by atoms with Crippen LogP contribution < -0.4 is 10.2 Å². The van der Waals surface area contributed by atoms with Gasteiger partial charge in [0.1, 0.15) is 0 Å². The minimum Gasteiger partial charge on any atom is -0.481 e. The number of carbonyl (C=O) groups is 2. The van der Waals surface area contributed by atoms with Crippen LogP contribution in [0.15, 0.2) is 24.3 Å². The zero-order valence-corrected chi connectivity index (χ0v) is 11.3. The first-order valence-corrected chi connectivity index (χ1v) is 6.94. The average Bonchev–Trinajstić information content (AvgIpc) is 3.19. The lowest BCUT2D eigenvalue weighted by Gasteiger charge is -2.28. The summed E-state index contributed by atoms with van der Waals surface area (Å²) >= 11 is 0. The Morgan fingerprint density at radius 3 is 2.85 bits per heavy atom. The predicted molar refractivity (Wildman–Crippen MR) is 74.8 cm³/mol. The molecule has 5 nitrogen and oxygen atoms in total. The Morgan fingerprint density at radius 1 is 1.40 bits per heavy atom. The van der Waals surface area contributed by atoms with E-state index in [1.807, 2.05) is 24.3 Å². The minimum absolute atomic E-state index is 0.0662. The van der Waals surface area contributed by atoms with E-state index in [2.05, 4.69) is 5.32 Å². The van der Waals surface area contributed by atoms with Crippen LogP contribution in [0.4, 0.5) is 5.69 Å². The minimum atomic E-state index is -0.758. The molecule has 5 heteroatoms. The third-order valence-electron chi connectivity index (χ3n) is 4.20. The number of nitrogens with one attached hydrogen (secondary N) is 1. The standard InChI is InChI=1S/C15H18N2O3/c18-13-10-16-6-7-17(13)12-3-1-2-11(8-12)15(4-5-15)9-14(19)20/h1-3,8,16H,4-7,9-10H2,(H,19,20). The summed E-state index contributed by atoms with van der Waals surface area (Å²) in [6.45, 7) is 1.81. The Hall–Kier alpha value is -1.88. The molecule has 1 aromatic rings. The van der Waals surface area contributed by atoms with Crippen molar-refractivity contribution in [1.29, 1.82) is 0 Å². The number of benzene rings is 1. The van der Waals surface area contributed by atoms with Gasteiger partial charge in [-0.1, -0.05) is 12.1 Å². The van der Waals surface area contributed by atoms with Gasteiger partial charge >= 0.3 is 5.97 Å². The molecule has 1 amide bonds. The fraction of sp³-hybridized carbons (Fsp3) is 0.467. The number of carboxylic acid groups (broad SMARTS) is 1. The molecule has 1 saturated heterocycles. The van der Waals surface area contributed by atoms with Crippen molar-refractivity contribution in [3.05, 3.63) is 29.8 Å². The fourth-order valence-electron chi connectivity index (χ4n) is 2.89. The van der Waals surface area contributed by atoms with E-state index in [1.54, 1.807) is 4.90 Å². The predicted octanol–water partition coefficient (Wildman–Crippen LogP) is 1.13. The highest BCUT2D eigenvalue weighted by atomic mass is 16.4. The molecule has 1 aliphatic carbocycles. The molecule has 2 aliphatic rings. The maximum Gasteiger partial charge on any atom is 0.304 e. The first-order chi connectivity index (χ1) is 9.61. The summed E-state index contributed by atoms with van der Waals surface area (Å²) in [5, 5.41) is 12.1. The Kier molecular flexibility index (Phi) is 3.22. The Bertz CT molecular complexity index is 552. The first-order valence-electron chi connectivity index (χ1n) is 6.94. The molecule has 106 valence electrons. The van der Waals surface area contributed by atoms with Gasteiger partial charge in [-0.15, -0.1) is 0 Å². The van der Waals surface area contributed by atoms with Gasteiger partial charge < -0.3 is 15.3 Å². The number of piperazine rings is 1. The largest absolute Gasteiger partial charge is 0.481 e. The molecule has 0 spiro atoms. The number of aliphatic carboxylic acids is 1. The molecular weight excluding hydrogens is 256 g/mol. The van der Waals surface area contributed by atoms with Crippen LogP contribution in [-0.2, 0) is 15.0 Å². The van der Waals surface area contributed by atoms with Crippen molar-refractivity contribution >= 4 is 17.6 Å². The molecule has 0 aromatic heterocycles. The molecule has 2 fully saturated rings. The van der Waals surface area contributed by atoms with E-state index >= 15 is 0 Å². The van der Waals surface area contributed by atoms with Crippen molar-refractivity contribution in [1.82, 2.24) is 5.32 Å². The van der Waals surface area contributed by atoms with Crippen molar-refractivity contribution in [2.45, 2.75) is 24.7 Å². The second-order valence-corrected chi connectivity index (χ2v) is 5.62. The zero-order valence-electron chi connectivity index (χ0n) is 11.3. The topological polar surface area (TPSA) is 69.6 Å². The van der Waals surface area contributed by atoms with Crippen molar-refractivity contribution in [3.63, 3.8) is 0 Å². The summed E-state index contributed by atoms with van der Waals surface area (Å²) < 4.78 is 0. The summed E-state index contributed by atoms with van der Waals surface area (Å²) in [4.78, 5) is 24.7. The van der Waals surface area contributed by atoms with E-state index in [1.165, 1.54) is 0 Å². The van der Waals surface area contributed by atoms with Crippen LogP contribution in [0.1, 0.15) is 24.8 Å². The van der Waals surface area contributed by atoms with Crippen LogP contribution in [0.2, 0.25) is 0 Å². The third-order valence-corrected chi connectivity index (χ3v) is 4.20. The van der Waals surface area contributed by atoms with Crippen LogP contribution in [0.5, 0.6) is 0 Å². The molecule has 1 saturated carbocycles. The fourth-order valence-corrected chi connectivity index (χ4v) is 2.89. The highest BCUT2D eigenvalue weighted by Gasteiger charge is 2.46. The van der Waals surface area contributed by atoms with Gasteiger partial charge in [0.05, 0.1) is 13.0 Å². The van der Waals surface area contributed by atoms with Gasteiger partial charge in [0.25, 0.3) is 0 Å². The Morgan fingerprint density at radius 2 is 2.20 bits per heavy atom. The van der Waals surface area contributed by atoms with Crippen LogP contribution in [0, 0.1) is 0 Å². The molecule has 1 aromatic carbocycles. The Labute approximate surface area is 117 Å². The first kappa shape index (κ1) is 13.1. The number of anilines is 1. The lowest BCUT2D eigenvalue weighted by molar-refractivity contribution is -0.137. The van der Waals surface area contributed by atoms with Gasteiger partial charge in [0.15, 0.2) is 0 Å². The highest BCUT2D eigenvalue weighted by molar-refractivity contribution is 5.95. The number of hydrogen-bond acceptors (Lipinski definition) is 3. The summed E-state index contributed by atoms with van der Waals surface area (Å²) in [6.07, 6.45) is 2.00. The van der Waals surface area contributed by atoms with Crippen molar-refractivity contribution < 1.29 is 14.7 Å². The van der Waals surface area contributed by atoms with E-state index in [4.69, 9.17) is 5.11 Å². The van der Waals surface area contributed by atoms with Crippen LogP contribution in [0.25, 0.3) is 0 Å². The van der Waals surface area contributed by atoms with Gasteiger partial charge in [-0.25, -0.2) is 0 Å². The lowest BCUT2D eigenvalue weighted by atomic mass is 9.92. The van der Waals surface area contributed by atoms with E-state index in [0.717, 1.165) is 30.6 Å². The van der Waals surface area contributed by atoms with Gasteiger partial charge in [-0.05, 0) is 30.5 Å². The molecule has 0 bridgehead atoms. The molecule has 0 atom stereocenters. The highest BCUT2D eigenvalue weighted by Crippen LogP contribution is 2.51. The number of carboxylic acids is 1. The average molecular weight is 274 g/mol. The number of amides is 1. The number of rotatable bonds is 4. The van der Waals surface area contributed by atoms with Gasteiger partial charge in [0, 0.05) is 24.2 Å². The zero-order chi connectivity index (χ0) is 14.2. The molecule has 0 unspecified atom stereocenters. The maximum atomic E-state index is 11.9. The SMILES string of the molecule is O=C(O)CC1(c2cccc(N3CCNCC3=O)c2)CC1. The van der Waals surface area contributed by atoms with Crippen LogP contribution in [0.3, 0.4) is 0 Å². The summed E-state index contributed by atoms with van der Waals surface area (Å²) in [6, 6.07) is 7.80. The van der Waals surface area contributed by atoms with Crippen LogP contribution >= 0.6 is 0 Å². The van der Waals surface area contributed by atoms with Gasteiger partial charge in [-0.3, -0.25) is 9.59 Å². The van der Waals surface area contributed by atoms with Crippen molar-refractivity contribution in [2.24, 2.45) is 0 Å². The second kappa shape index (κ2) is 4.90. The molecule has 20 heavy (non-hydrogen) atoms.